The Morgan fingerprint density at radius 1 is 1.73 bits per heavy atom. The maximum absolute atomic E-state index is 10.4. The Balaban J connectivity index is 2.42. The summed E-state index contributed by atoms with van der Waals surface area (Å²) in [5, 5.41) is 0. The number of carbonyl (C=O) groups excluding carboxylic acids is 1. The van der Waals surface area contributed by atoms with Crippen molar-refractivity contribution in [3.63, 3.8) is 0 Å². The predicted octanol–water partition coefficient (Wildman–Crippen LogP) is 0.122. The van der Waals surface area contributed by atoms with Crippen LogP contribution in [0, 0.1) is 0 Å². The Morgan fingerprint density at radius 3 is 2.91 bits per heavy atom. The minimum Gasteiger partial charge on any atom is -0.366 e. The van der Waals surface area contributed by atoms with Crippen molar-refractivity contribution in [2.24, 2.45) is 5.73 Å². The maximum Gasteiger partial charge on any atom is 0.241 e. The van der Waals surface area contributed by atoms with Crippen LogP contribution in [0.3, 0.4) is 0 Å². The van der Waals surface area contributed by atoms with Gasteiger partial charge in [-0.05, 0) is 26.4 Å². The molecule has 0 aromatic carbocycles. The van der Waals surface area contributed by atoms with E-state index in [1.54, 1.807) is 0 Å². The number of amides is 1. The van der Waals surface area contributed by atoms with E-state index in [0.717, 1.165) is 13.0 Å². The van der Waals surface area contributed by atoms with Gasteiger partial charge in [0.05, 0.1) is 0 Å². The second-order valence-electron chi connectivity index (χ2n) is 2.95. The third kappa shape index (κ3) is 2.35. The number of nitrogens with zero attached hydrogens (tertiary/aromatic N) is 1. The minimum absolute atomic E-state index is 0.356. The molecule has 3 heteroatoms. The lowest BCUT2D eigenvalue weighted by molar-refractivity contribution is -0.113. The van der Waals surface area contributed by atoms with E-state index in [-0.39, 0.29) is 5.91 Å². The number of hydrogen-bond acceptors (Lipinski definition) is 2. The summed E-state index contributed by atoms with van der Waals surface area (Å²) in [5.74, 6) is -0.356. The average Bonchev–Trinajstić information content (AvgIpc) is 2.31. The zero-order valence-electron chi connectivity index (χ0n) is 6.79. The standard InChI is InChI=1S/C8H14N2O/c1-10-6-2-3-7(10)4-5-8(9)11/h4-5,7H,2-3,6H2,1H3,(H2,9,11)/t7-/m1/s1. The van der Waals surface area contributed by atoms with Gasteiger partial charge in [0.2, 0.25) is 5.91 Å². The molecule has 1 saturated heterocycles. The van der Waals surface area contributed by atoms with Crippen LogP contribution < -0.4 is 5.73 Å². The predicted molar refractivity (Wildman–Crippen MR) is 44.0 cm³/mol. The summed E-state index contributed by atoms with van der Waals surface area (Å²) in [7, 11) is 2.06. The van der Waals surface area contributed by atoms with Crippen molar-refractivity contribution in [3.05, 3.63) is 12.2 Å². The van der Waals surface area contributed by atoms with Crippen molar-refractivity contribution in [2.45, 2.75) is 18.9 Å². The summed E-state index contributed by atoms with van der Waals surface area (Å²) in [6.45, 7) is 1.12. The van der Waals surface area contributed by atoms with E-state index in [0.29, 0.717) is 6.04 Å². The molecule has 1 aliphatic heterocycles. The monoisotopic (exact) mass is 154 g/mol. The fraction of sp³-hybridized carbons (Fsp3) is 0.625. The van der Waals surface area contributed by atoms with E-state index < -0.39 is 0 Å². The molecule has 1 fully saturated rings. The quantitative estimate of drug-likeness (QED) is 0.574. The second kappa shape index (κ2) is 3.53. The highest BCUT2D eigenvalue weighted by Gasteiger charge is 2.17. The Morgan fingerprint density at radius 2 is 2.45 bits per heavy atom. The molecule has 62 valence electrons. The minimum atomic E-state index is -0.356. The molecule has 1 heterocycles. The van der Waals surface area contributed by atoms with Crippen LogP contribution in [-0.4, -0.2) is 30.4 Å². The van der Waals surface area contributed by atoms with Gasteiger partial charge in [-0.3, -0.25) is 9.69 Å². The molecule has 0 aliphatic carbocycles. The van der Waals surface area contributed by atoms with Crippen molar-refractivity contribution in [1.82, 2.24) is 4.90 Å². The van der Waals surface area contributed by atoms with Gasteiger partial charge in [-0.2, -0.15) is 0 Å². The van der Waals surface area contributed by atoms with Crippen molar-refractivity contribution in [3.8, 4) is 0 Å². The number of carbonyl (C=O) groups is 1. The highest BCUT2D eigenvalue weighted by Crippen LogP contribution is 2.15. The van der Waals surface area contributed by atoms with Gasteiger partial charge in [0.15, 0.2) is 0 Å². The topological polar surface area (TPSA) is 46.3 Å². The van der Waals surface area contributed by atoms with Gasteiger partial charge in [-0.15, -0.1) is 0 Å². The van der Waals surface area contributed by atoms with Gasteiger partial charge in [-0.1, -0.05) is 6.08 Å². The zero-order chi connectivity index (χ0) is 8.27. The van der Waals surface area contributed by atoms with E-state index >= 15 is 0 Å². The highest BCUT2D eigenvalue weighted by atomic mass is 16.1. The number of nitrogens with two attached hydrogens (primary N) is 1. The van der Waals surface area contributed by atoms with Crippen LogP contribution >= 0.6 is 0 Å². The molecule has 11 heavy (non-hydrogen) atoms. The summed E-state index contributed by atoms with van der Waals surface area (Å²) in [4.78, 5) is 12.6. The smallest absolute Gasteiger partial charge is 0.241 e. The second-order valence-corrected chi connectivity index (χ2v) is 2.95. The molecular formula is C8H14N2O. The molecule has 0 radical (unpaired) electrons. The number of likely N-dealkylation sites (tertiary alicyclic amines) is 1. The molecule has 0 aromatic heterocycles. The largest absolute Gasteiger partial charge is 0.366 e. The van der Waals surface area contributed by atoms with Crippen LogP contribution in [0.4, 0.5) is 0 Å². The summed E-state index contributed by atoms with van der Waals surface area (Å²) >= 11 is 0. The fourth-order valence-electron chi connectivity index (χ4n) is 1.39. The molecular weight excluding hydrogens is 140 g/mol. The van der Waals surface area contributed by atoms with Crippen LogP contribution in [0.5, 0.6) is 0 Å². The van der Waals surface area contributed by atoms with Crippen LogP contribution in [0.15, 0.2) is 12.2 Å². The third-order valence-corrected chi connectivity index (χ3v) is 2.06. The van der Waals surface area contributed by atoms with Crippen LogP contribution in [0.1, 0.15) is 12.8 Å². The van der Waals surface area contributed by atoms with E-state index in [1.807, 2.05) is 6.08 Å². The van der Waals surface area contributed by atoms with E-state index in [4.69, 9.17) is 5.73 Å². The van der Waals surface area contributed by atoms with Crippen LogP contribution in [0.2, 0.25) is 0 Å². The van der Waals surface area contributed by atoms with Crippen molar-refractivity contribution in [1.29, 1.82) is 0 Å². The first-order valence-corrected chi connectivity index (χ1v) is 3.88. The van der Waals surface area contributed by atoms with Gasteiger partial charge in [-0.25, -0.2) is 0 Å². The lowest BCUT2D eigenvalue weighted by Gasteiger charge is -2.14. The van der Waals surface area contributed by atoms with Crippen LogP contribution in [-0.2, 0) is 4.79 Å². The fourth-order valence-corrected chi connectivity index (χ4v) is 1.39. The van der Waals surface area contributed by atoms with Crippen molar-refractivity contribution < 1.29 is 4.79 Å². The van der Waals surface area contributed by atoms with Gasteiger partial charge < -0.3 is 5.73 Å². The zero-order valence-corrected chi connectivity index (χ0v) is 6.79. The van der Waals surface area contributed by atoms with E-state index in [1.165, 1.54) is 12.5 Å². The summed E-state index contributed by atoms with van der Waals surface area (Å²) in [6.07, 6.45) is 5.69. The molecule has 1 amide bonds. The Kier molecular flexibility index (Phi) is 2.65. The lowest BCUT2D eigenvalue weighted by Crippen LogP contribution is -2.23. The molecule has 0 bridgehead atoms. The lowest BCUT2D eigenvalue weighted by atomic mass is 10.2. The molecule has 0 unspecified atom stereocenters. The van der Waals surface area contributed by atoms with Crippen LogP contribution in [0.25, 0.3) is 0 Å². The first-order valence-electron chi connectivity index (χ1n) is 3.88. The van der Waals surface area contributed by atoms with Gasteiger partial charge in [0.25, 0.3) is 0 Å². The molecule has 0 saturated carbocycles. The third-order valence-electron chi connectivity index (χ3n) is 2.06. The van der Waals surface area contributed by atoms with Gasteiger partial charge in [0, 0.05) is 12.1 Å². The maximum atomic E-state index is 10.4. The Bertz CT molecular complexity index is 177. The molecule has 1 aliphatic rings. The van der Waals surface area contributed by atoms with E-state index in [9.17, 15) is 4.79 Å². The molecule has 2 N–H and O–H groups in total. The Hall–Kier alpha value is -0.830. The molecule has 1 atom stereocenters. The van der Waals surface area contributed by atoms with Gasteiger partial charge >= 0.3 is 0 Å². The number of likely N-dealkylation sites (N-methyl/N-ethyl adjacent to an activating group) is 1. The molecule has 3 nitrogen and oxygen atoms in total. The first kappa shape index (κ1) is 8.27. The summed E-state index contributed by atoms with van der Waals surface area (Å²) < 4.78 is 0. The SMILES string of the molecule is CN1CCC[C@@H]1C=CC(N)=O. The molecule has 1 rings (SSSR count). The molecule has 0 aromatic rings. The summed E-state index contributed by atoms with van der Waals surface area (Å²) in [6, 6.07) is 0.419. The number of rotatable bonds is 2. The van der Waals surface area contributed by atoms with Crippen molar-refractivity contribution in [2.75, 3.05) is 13.6 Å². The number of hydrogen-bond donors (Lipinski definition) is 1. The Labute approximate surface area is 66.9 Å². The average molecular weight is 154 g/mol. The summed E-state index contributed by atoms with van der Waals surface area (Å²) in [5.41, 5.74) is 4.97. The van der Waals surface area contributed by atoms with Gasteiger partial charge in [0.1, 0.15) is 0 Å². The number of primary amides is 1. The highest BCUT2D eigenvalue weighted by molar-refractivity contribution is 5.85. The normalized spacial score (nSPS) is 26.5. The van der Waals surface area contributed by atoms with Crippen molar-refractivity contribution >= 4 is 5.91 Å². The molecule has 0 spiro atoms. The first-order chi connectivity index (χ1) is 5.20. The van der Waals surface area contributed by atoms with E-state index in [2.05, 4.69) is 11.9 Å².